The zero-order valence-corrected chi connectivity index (χ0v) is 19.6. The van der Waals surface area contributed by atoms with Crippen molar-refractivity contribution in [1.29, 1.82) is 0 Å². The Kier molecular flexibility index (Phi) is 7.23. The molecule has 9 nitrogen and oxygen atoms in total. The van der Waals surface area contributed by atoms with Crippen molar-refractivity contribution < 1.29 is 23.4 Å². The number of piperazine rings is 1. The van der Waals surface area contributed by atoms with Crippen molar-refractivity contribution >= 4 is 23.4 Å². The molecule has 174 valence electrons. The third-order valence-electron chi connectivity index (χ3n) is 5.39. The lowest BCUT2D eigenvalue weighted by atomic mass is 10.2. The van der Waals surface area contributed by atoms with Gasteiger partial charge in [-0.25, -0.2) is 0 Å². The summed E-state index contributed by atoms with van der Waals surface area (Å²) in [6.07, 6.45) is 0. The quantitative estimate of drug-likeness (QED) is 0.460. The van der Waals surface area contributed by atoms with Gasteiger partial charge in [-0.05, 0) is 36.4 Å². The molecule has 0 radical (unpaired) electrons. The van der Waals surface area contributed by atoms with Crippen LogP contribution in [-0.2, 0) is 4.79 Å². The van der Waals surface area contributed by atoms with Crippen LogP contribution >= 0.6 is 11.8 Å². The van der Waals surface area contributed by atoms with E-state index in [0.29, 0.717) is 41.3 Å². The van der Waals surface area contributed by atoms with Gasteiger partial charge in [0.2, 0.25) is 11.8 Å². The summed E-state index contributed by atoms with van der Waals surface area (Å²) < 4.78 is 21.5. The predicted octanol–water partition coefficient (Wildman–Crippen LogP) is 3.20. The molecule has 0 aliphatic carbocycles. The Morgan fingerprint density at radius 2 is 1.55 bits per heavy atom. The lowest BCUT2D eigenvalue weighted by molar-refractivity contribution is -0.128. The van der Waals surface area contributed by atoms with Crippen LogP contribution < -0.4 is 19.1 Å². The number of benzene rings is 2. The summed E-state index contributed by atoms with van der Waals surface area (Å²) in [4.78, 5) is 16.8. The maximum Gasteiger partial charge on any atom is 0.277 e. The molecule has 0 spiro atoms. The van der Waals surface area contributed by atoms with E-state index in [1.807, 2.05) is 29.2 Å². The molecule has 2 aromatic carbocycles. The number of carbonyl (C=O) groups is 1. The fourth-order valence-corrected chi connectivity index (χ4v) is 4.20. The molecule has 0 unspecified atom stereocenters. The van der Waals surface area contributed by atoms with E-state index in [1.165, 1.54) is 11.8 Å². The number of nitrogens with zero attached hydrogens (tertiary/aromatic N) is 4. The highest BCUT2D eigenvalue weighted by Gasteiger charge is 2.22. The summed E-state index contributed by atoms with van der Waals surface area (Å²) in [5, 5.41) is 8.50. The third-order valence-corrected chi connectivity index (χ3v) is 6.20. The molecule has 0 N–H and O–H groups in total. The van der Waals surface area contributed by atoms with Gasteiger partial charge in [-0.15, -0.1) is 10.2 Å². The maximum atomic E-state index is 12.7. The fraction of sp³-hybridized carbons (Fsp3) is 0.348. The minimum absolute atomic E-state index is 0.0529. The summed E-state index contributed by atoms with van der Waals surface area (Å²) in [6, 6.07) is 13.3. The highest BCUT2D eigenvalue weighted by atomic mass is 32.2. The highest BCUT2D eigenvalue weighted by molar-refractivity contribution is 7.99. The number of aromatic nitrogens is 2. The number of ether oxygens (including phenoxy) is 3. The topological polar surface area (TPSA) is 90.2 Å². The van der Waals surface area contributed by atoms with Crippen LogP contribution in [0.25, 0.3) is 11.5 Å². The van der Waals surface area contributed by atoms with Crippen molar-refractivity contribution in [2.45, 2.75) is 5.22 Å². The maximum absolute atomic E-state index is 12.7. The van der Waals surface area contributed by atoms with E-state index in [4.69, 9.17) is 18.6 Å². The third kappa shape index (κ3) is 5.51. The van der Waals surface area contributed by atoms with Gasteiger partial charge in [-0.3, -0.25) is 4.79 Å². The first-order chi connectivity index (χ1) is 16.1. The van der Waals surface area contributed by atoms with Crippen molar-refractivity contribution in [3.63, 3.8) is 0 Å². The van der Waals surface area contributed by atoms with Crippen LogP contribution in [0.2, 0.25) is 0 Å². The molecule has 0 bridgehead atoms. The monoisotopic (exact) mass is 470 g/mol. The molecule has 1 aliphatic heterocycles. The van der Waals surface area contributed by atoms with Gasteiger partial charge in [0.25, 0.3) is 5.22 Å². The molecule has 4 rings (SSSR count). The minimum Gasteiger partial charge on any atom is -0.497 e. The summed E-state index contributed by atoms with van der Waals surface area (Å²) in [6.45, 7) is 2.91. The summed E-state index contributed by atoms with van der Waals surface area (Å²) in [5.41, 5.74) is 1.82. The standard InChI is InChI=1S/C23H26N4O5S/c1-29-18-6-4-17(5-7-18)26-8-10-27(11-9-26)21(28)15-33-23-25-24-22(32-23)16-12-19(30-2)14-20(13-16)31-3/h4-7,12-14H,8-11,15H2,1-3H3. The zero-order chi connectivity index (χ0) is 23.2. The number of hydrogen-bond acceptors (Lipinski definition) is 9. The average Bonchev–Trinajstić information content (AvgIpc) is 3.36. The number of amides is 1. The molecule has 2 heterocycles. The summed E-state index contributed by atoms with van der Waals surface area (Å²) >= 11 is 1.24. The Hall–Kier alpha value is -3.40. The SMILES string of the molecule is COc1ccc(N2CCN(C(=O)CSc3nnc(-c4cc(OC)cc(OC)c4)o3)CC2)cc1. The van der Waals surface area contributed by atoms with E-state index in [1.54, 1.807) is 39.5 Å². The van der Waals surface area contributed by atoms with Gasteiger partial charge in [0.1, 0.15) is 17.2 Å². The first-order valence-electron chi connectivity index (χ1n) is 10.5. The lowest BCUT2D eigenvalue weighted by Gasteiger charge is -2.36. The second-order valence-corrected chi connectivity index (χ2v) is 8.26. The molecule has 1 amide bonds. The van der Waals surface area contributed by atoms with E-state index < -0.39 is 0 Å². The van der Waals surface area contributed by atoms with Gasteiger partial charge < -0.3 is 28.4 Å². The van der Waals surface area contributed by atoms with E-state index in [2.05, 4.69) is 15.1 Å². The average molecular weight is 471 g/mol. The summed E-state index contributed by atoms with van der Waals surface area (Å²) in [7, 11) is 4.81. The van der Waals surface area contributed by atoms with Crippen molar-refractivity contribution in [3.05, 3.63) is 42.5 Å². The van der Waals surface area contributed by atoms with E-state index in [-0.39, 0.29) is 11.7 Å². The number of thioether (sulfide) groups is 1. The van der Waals surface area contributed by atoms with E-state index >= 15 is 0 Å². The van der Waals surface area contributed by atoms with Crippen molar-refractivity contribution in [2.24, 2.45) is 0 Å². The number of methoxy groups -OCH3 is 3. The van der Waals surface area contributed by atoms with Crippen LogP contribution in [0.3, 0.4) is 0 Å². The van der Waals surface area contributed by atoms with Gasteiger partial charge in [-0.1, -0.05) is 11.8 Å². The second-order valence-electron chi connectivity index (χ2n) is 7.33. The molecule has 0 saturated carbocycles. The van der Waals surface area contributed by atoms with Gasteiger partial charge in [-0.2, -0.15) is 0 Å². The van der Waals surface area contributed by atoms with Crippen LogP contribution in [0.5, 0.6) is 17.2 Å². The van der Waals surface area contributed by atoms with Crippen molar-refractivity contribution in [3.8, 4) is 28.7 Å². The van der Waals surface area contributed by atoms with Crippen molar-refractivity contribution in [2.75, 3.05) is 58.2 Å². The summed E-state index contributed by atoms with van der Waals surface area (Å²) in [5.74, 6) is 2.72. The molecule has 1 aliphatic rings. The second kappa shape index (κ2) is 10.5. The zero-order valence-electron chi connectivity index (χ0n) is 18.8. The highest BCUT2D eigenvalue weighted by Crippen LogP contribution is 2.30. The number of hydrogen-bond donors (Lipinski definition) is 0. The van der Waals surface area contributed by atoms with Crippen molar-refractivity contribution in [1.82, 2.24) is 15.1 Å². The van der Waals surface area contributed by atoms with Gasteiger partial charge in [0.15, 0.2) is 0 Å². The molecule has 3 aromatic rings. The van der Waals surface area contributed by atoms with Crippen LogP contribution in [0.4, 0.5) is 5.69 Å². The normalized spacial score (nSPS) is 13.7. The predicted molar refractivity (Wildman–Crippen MR) is 125 cm³/mol. The smallest absolute Gasteiger partial charge is 0.277 e. The molecule has 10 heteroatoms. The molecule has 1 aromatic heterocycles. The van der Waals surface area contributed by atoms with Crippen LogP contribution in [0.15, 0.2) is 52.1 Å². The molecular formula is C23H26N4O5S. The molecular weight excluding hydrogens is 444 g/mol. The Morgan fingerprint density at radius 1 is 0.909 bits per heavy atom. The first-order valence-corrected chi connectivity index (χ1v) is 11.4. The van der Waals surface area contributed by atoms with Crippen LogP contribution in [0.1, 0.15) is 0 Å². The minimum atomic E-state index is 0.0529. The number of carbonyl (C=O) groups excluding carboxylic acids is 1. The first kappa shape index (κ1) is 22.8. The molecule has 0 atom stereocenters. The van der Waals surface area contributed by atoms with E-state index in [0.717, 1.165) is 24.5 Å². The van der Waals surface area contributed by atoms with E-state index in [9.17, 15) is 4.79 Å². The molecule has 1 saturated heterocycles. The number of rotatable bonds is 8. The Labute approximate surface area is 196 Å². The van der Waals surface area contributed by atoms with Gasteiger partial charge >= 0.3 is 0 Å². The molecule has 1 fully saturated rings. The van der Waals surface area contributed by atoms with Gasteiger partial charge in [0.05, 0.1) is 27.1 Å². The molecule has 33 heavy (non-hydrogen) atoms. The van der Waals surface area contributed by atoms with Gasteiger partial charge in [0, 0.05) is 43.5 Å². The van der Waals surface area contributed by atoms with Crippen LogP contribution in [0, 0.1) is 0 Å². The Bertz CT molecular complexity index is 1060. The van der Waals surface area contributed by atoms with Crippen LogP contribution in [-0.4, -0.2) is 74.3 Å². The number of anilines is 1. The largest absolute Gasteiger partial charge is 0.497 e. The fourth-order valence-electron chi connectivity index (χ4n) is 3.54. The lowest BCUT2D eigenvalue weighted by Crippen LogP contribution is -2.49. The Balaban J connectivity index is 1.30. The Morgan fingerprint density at radius 3 is 2.15 bits per heavy atom.